The molecule has 4 nitrogen and oxygen atoms in total. The first-order valence-corrected chi connectivity index (χ1v) is 7.68. The molecule has 1 rings (SSSR count). The lowest BCUT2D eigenvalue weighted by Crippen LogP contribution is -2.25. The van der Waals surface area contributed by atoms with E-state index in [1.54, 1.807) is 18.2 Å². The molecule has 0 aliphatic carbocycles. The summed E-state index contributed by atoms with van der Waals surface area (Å²) < 4.78 is 26.3. The molecule has 0 aromatic heterocycles. The van der Waals surface area contributed by atoms with Gasteiger partial charge in [-0.3, -0.25) is 0 Å². The number of hydrogen-bond donors (Lipinski definition) is 2. The maximum absolute atomic E-state index is 11.9. The lowest BCUT2D eigenvalue weighted by atomic mass is 10.1. The Morgan fingerprint density at radius 2 is 2.06 bits per heavy atom. The van der Waals surface area contributed by atoms with Crippen LogP contribution in [-0.4, -0.2) is 26.7 Å². The van der Waals surface area contributed by atoms with Gasteiger partial charge in [-0.2, -0.15) is 0 Å². The van der Waals surface area contributed by atoms with Gasteiger partial charge in [0.05, 0.1) is 5.02 Å². The first kappa shape index (κ1) is 15.4. The van der Waals surface area contributed by atoms with Crippen LogP contribution in [0.3, 0.4) is 0 Å². The number of hydrogen-bond acceptors (Lipinski definition) is 3. The van der Waals surface area contributed by atoms with Gasteiger partial charge in [-0.1, -0.05) is 30.7 Å². The summed E-state index contributed by atoms with van der Waals surface area (Å²) in [7, 11) is -3.54. The minimum Gasteiger partial charge on any atom is -0.396 e. The van der Waals surface area contributed by atoms with Gasteiger partial charge in [0.1, 0.15) is 4.90 Å². The Balaban J connectivity index is 2.54. The molecule has 18 heavy (non-hydrogen) atoms. The van der Waals surface area contributed by atoms with Gasteiger partial charge in [-0.05, 0) is 30.9 Å². The van der Waals surface area contributed by atoms with Crippen LogP contribution < -0.4 is 4.72 Å². The zero-order chi connectivity index (χ0) is 13.6. The maximum Gasteiger partial charge on any atom is 0.242 e. The topological polar surface area (TPSA) is 66.4 Å². The molecule has 0 radical (unpaired) electrons. The van der Waals surface area contributed by atoms with Crippen LogP contribution in [0, 0.1) is 5.92 Å². The van der Waals surface area contributed by atoms with E-state index in [2.05, 4.69) is 4.72 Å². The fourth-order valence-electron chi connectivity index (χ4n) is 1.49. The van der Waals surface area contributed by atoms with Crippen molar-refractivity contribution in [1.29, 1.82) is 0 Å². The minimum atomic E-state index is -3.54. The number of aliphatic hydroxyl groups is 1. The number of aliphatic hydroxyl groups excluding tert-OH is 1. The summed E-state index contributed by atoms with van der Waals surface area (Å²) in [6, 6.07) is 6.34. The number of rotatable bonds is 7. The molecule has 1 aromatic rings. The average Bonchev–Trinajstić information content (AvgIpc) is 2.34. The fourth-order valence-corrected chi connectivity index (χ4v) is 3.08. The van der Waals surface area contributed by atoms with Crippen molar-refractivity contribution >= 4 is 21.6 Å². The molecule has 0 spiro atoms. The highest BCUT2D eigenvalue weighted by Crippen LogP contribution is 2.20. The van der Waals surface area contributed by atoms with Crippen molar-refractivity contribution < 1.29 is 13.5 Å². The van der Waals surface area contributed by atoms with Gasteiger partial charge in [0.2, 0.25) is 10.0 Å². The third-order valence-corrected chi connectivity index (χ3v) is 4.56. The zero-order valence-electron chi connectivity index (χ0n) is 10.3. The number of halogens is 1. The van der Waals surface area contributed by atoms with E-state index in [4.69, 9.17) is 16.7 Å². The summed E-state index contributed by atoms with van der Waals surface area (Å²) in [5.74, 6) is 0.190. The Labute approximate surface area is 113 Å². The van der Waals surface area contributed by atoms with E-state index in [1.807, 2.05) is 6.92 Å². The van der Waals surface area contributed by atoms with Crippen LogP contribution in [0.1, 0.15) is 19.8 Å². The van der Waals surface area contributed by atoms with Crippen LogP contribution in [0.4, 0.5) is 0 Å². The third-order valence-electron chi connectivity index (χ3n) is 2.60. The second kappa shape index (κ2) is 7.09. The number of nitrogens with one attached hydrogen (secondary N) is 1. The predicted octanol–water partition coefficient (Wildman–Crippen LogP) is 2.03. The van der Waals surface area contributed by atoms with Gasteiger partial charge in [-0.15, -0.1) is 0 Å². The van der Waals surface area contributed by atoms with Crippen molar-refractivity contribution in [3.63, 3.8) is 0 Å². The average molecular weight is 292 g/mol. The highest BCUT2D eigenvalue weighted by atomic mass is 35.5. The Morgan fingerprint density at radius 1 is 1.39 bits per heavy atom. The molecule has 1 aromatic carbocycles. The molecular weight excluding hydrogens is 274 g/mol. The molecule has 1 atom stereocenters. The van der Waals surface area contributed by atoms with Crippen LogP contribution >= 0.6 is 11.6 Å². The van der Waals surface area contributed by atoms with Gasteiger partial charge in [0.15, 0.2) is 0 Å². The van der Waals surface area contributed by atoms with Gasteiger partial charge in [0, 0.05) is 13.2 Å². The highest BCUT2D eigenvalue weighted by Gasteiger charge is 2.16. The van der Waals surface area contributed by atoms with E-state index in [0.717, 1.165) is 6.42 Å². The standard InChI is InChI=1S/C12H18ClNO3S/c1-10(9-15)5-4-8-14-18(16,17)12-7-3-2-6-11(12)13/h2-3,6-7,10,14-15H,4-5,8-9H2,1H3. The molecule has 0 aliphatic heterocycles. The van der Waals surface area contributed by atoms with Gasteiger partial charge >= 0.3 is 0 Å². The van der Waals surface area contributed by atoms with Crippen LogP contribution in [0.15, 0.2) is 29.2 Å². The summed E-state index contributed by atoms with van der Waals surface area (Å²) in [5.41, 5.74) is 0. The van der Waals surface area contributed by atoms with E-state index in [-0.39, 0.29) is 22.4 Å². The van der Waals surface area contributed by atoms with Gasteiger partial charge in [0.25, 0.3) is 0 Å². The van der Waals surface area contributed by atoms with E-state index in [1.165, 1.54) is 6.07 Å². The van der Waals surface area contributed by atoms with Crippen LogP contribution in [-0.2, 0) is 10.0 Å². The molecule has 1 unspecified atom stereocenters. The second-order valence-corrected chi connectivity index (χ2v) is 6.40. The summed E-state index contributed by atoms with van der Waals surface area (Å²) in [6.45, 7) is 2.39. The first-order chi connectivity index (χ1) is 8.47. The van der Waals surface area contributed by atoms with E-state index >= 15 is 0 Å². The summed E-state index contributed by atoms with van der Waals surface area (Å²) in [5, 5.41) is 9.07. The summed E-state index contributed by atoms with van der Waals surface area (Å²) in [6.07, 6.45) is 1.47. The van der Waals surface area contributed by atoms with Crippen molar-refractivity contribution in [3.8, 4) is 0 Å². The fraction of sp³-hybridized carbons (Fsp3) is 0.500. The van der Waals surface area contributed by atoms with E-state index in [9.17, 15) is 8.42 Å². The monoisotopic (exact) mass is 291 g/mol. The van der Waals surface area contributed by atoms with Gasteiger partial charge < -0.3 is 5.11 Å². The molecule has 0 fully saturated rings. The quantitative estimate of drug-likeness (QED) is 0.756. The van der Waals surface area contributed by atoms with E-state index < -0.39 is 10.0 Å². The Bertz CT molecular complexity index is 476. The molecular formula is C12H18ClNO3S. The molecule has 0 bridgehead atoms. The largest absolute Gasteiger partial charge is 0.396 e. The SMILES string of the molecule is CC(CO)CCCNS(=O)(=O)c1ccccc1Cl. The second-order valence-electron chi connectivity index (χ2n) is 4.26. The smallest absolute Gasteiger partial charge is 0.242 e. The maximum atomic E-state index is 11.9. The highest BCUT2D eigenvalue weighted by molar-refractivity contribution is 7.89. The lowest BCUT2D eigenvalue weighted by molar-refractivity contribution is 0.228. The van der Waals surface area contributed by atoms with Crippen LogP contribution in [0.5, 0.6) is 0 Å². The summed E-state index contributed by atoms with van der Waals surface area (Å²) >= 11 is 5.84. The van der Waals surface area contributed by atoms with Crippen molar-refractivity contribution in [2.24, 2.45) is 5.92 Å². The Hall–Kier alpha value is -0.620. The number of benzene rings is 1. The number of sulfonamides is 1. The van der Waals surface area contributed by atoms with Crippen molar-refractivity contribution in [2.45, 2.75) is 24.7 Å². The molecule has 2 N–H and O–H groups in total. The van der Waals surface area contributed by atoms with Crippen LogP contribution in [0.2, 0.25) is 5.02 Å². The summed E-state index contributed by atoms with van der Waals surface area (Å²) in [4.78, 5) is 0.0990. The Morgan fingerprint density at radius 3 is 2.67 bits per heavy atom. The van der Waals surface area contributed by atoms with Crippen molar-refractivity contribution in [1.82, 2.24) is 4.72 Å². The first-order valence-electron chi connectivity index (χ1n) is 5.82. The molecule has 102 valence electrons. The molecule has 0 heterocycles. The third kappa shape index (κ3) is 4.57. The van der Waals surface area contributed by atoms with Crippen molar-refractivity contribution in [3.05, 3.63) is 29.3 Å². The lowest BCUT2D eigenvalue weighted by Gasteiger charge is -2.10. The molecule has 0 saturated carbocycles. The van der Waals surface area contributed by atoms with E-state index in [0.29, 0.717) is 13.0 Å². The molecule has 0 aliphatic rings. The molecule has 0 amide bonds. The zero-order valence-corrected chi connectivity index (χ0v) is 11.8. The predicted molar refractivity (Wildman–Crippen MR) is 72.1 cm³/mol. The normalized spacial score (nSPS) is 13.5. The van der Waals surface area contributed by atoms with Gasteiger partial charge in [-0.25, -0.2) is 13.1 Å². The molecule has 0 saturated heterocycles. The van der Waals surface area contributed by atoms with Crippen molar-refractivity contribution in [2.75, 3.05) is 13.2 Å². The molecule has 6 heteroatoms. The van der Waals surface area contributed by atoms with Crippen LogP contribution in [0.25, 0.3) is 0 Å². The minimum absolute atomic E-state index is 0.0990. The Kier molecular flexibility index (Phi) is 6.08.